The lowest BCUT2D eigenvalue weighted by Crippen LogP contribution is -2.28. The fourth-order valence-electron chi connectivity index (χ4n) is 2.32. The molecule has 2 rings (SSSR count). The number of amides is 1. The largest absolute Gasteiger partial charge is 0.495 e. The summed E-state index contributed by atoms with van der Waals surface area (Å²) >= 11 is 5.98. The zero-order valence-corrected chi connectivity index (χ0v) is 16.3. The van der Waals surface area contributed by atoms with Crippen LogP contribution in [0.25, 0.3) is 0 Å². The van der Waals surface area contributed by atoms with E-state index in [1.54, 1.807) is 12.1 Å². The van der Waals surface area contributed by atoms with Crippen molar-refractivity contribution in [3.8, 4) is 5.75 Å². The first-order valence-electron chi connectivity index (χ1n) is 7.73. The fourth-order valence-corrected chi connectivity index (χ4v) is 3.58. The second kappa shape index (κ2) is 8.51. The van der Waals surface area contributed by atoms with Gasteiger partial charge in [-0.2, -0.15) is 0 Å². The number of carbonyl (C=O) groups is 1. The number of nitrogens with zero attached hydrogens (tertiary/aromatic N) is 1. The third-order valence-corrected chi connectivity index (χ3v) is 5.37. The second-order valence-corrected chi connectivity index (χ2v) is 7.64. The summed E-state index contributed by atoms with van der Waals surface area (Å²) in [5, 5.41) is 0.390. The van der Waals surface area contributed by atoms with Crippen LogP contribution in [0.4, 0.5) is 10.1 Å². The third-order valence-electron chi connectivity index (χ3n) is 3.69. The molecule has 9 heteroatoms. The van der Waals surface area contributed by atoms with Crippen LogP contribution < -0.4 is 14.4 Å². The second-order valence-electron chi connectivity index (χ2n) is 5.47. The number of rotatable bonds is 7. The van der Waals surface area contributed by atoms with E-state index in [1.807, 2.05) is 0 Å². The van der Waals surface area contributed by atoms with Crippen LogP contribution in [0.1, 0.15) is 10.4 Å². The molecule has 6 nitrogen and oxygen atoms in total. The van der Waals surface area contributed by atoms with Gasteiger partial charge in [0.2, 0.25) is 10.0 Å². The Balaban J connectivity index is 2.44. The molecule has 1 amide bonds. The summed E-state index contributed by atoms with van der Waals surface area (Å²) in [5.41, 5.74) is 0.369. The smallest absolute Gasteiger partial charge is 0.258 e. The normalized spacial score (nSPS) is 11.1. The van der Waals surface area contributed by atoms with Crippen LogP contribution in [0.3, 0.4) is 0 Å². The van der Waals surface area contributed by atoms with E-state index >= 15 is 0 Å². The van der Waals surface area contributed by atoms with Crippen molar-refractivity contribution in [2.45, 2.75) is 4.90 Å². The highest BCUT2D eigenvalue weighted by Crippen LogP contribution is 2.31. The Hall–Kier alpha value is -2.42. The van der Waals surface area contributed by atoms with Gasteiger partial charge in [-0.1, -0.05) is 17.7 Å². The van der Waals surface area contributed by atoms with Crippen molar-refractivity contribution in [2.24, 2.45) is 0 Å². The Morgan fingerprint density at radius 3 is 2.67 bits per heavy atom. The number of nitrogens with one attached hydrogen (secondary N) is 1. The van der Waals surface area contributed by atoms with Crippen LogP contribution in [0, 0.1) is 5.82 Å². The molecule has 2 aromatic carbocycles. The molecule has 2 aromatic rings. The minimum absolute atomic E-state index is 0.0140. The molecule has 0 bridgehead atoms. The molecule has 27 heavy (non-hydrogen) atoms. The lowest BCUT2D eigenvalue weighted by molar-refractivity contribution is 0.0992. The maximum atomic E-state index is 14.0. The van der Waals surface area contributed by atoms with E-state index in [1.165, 1.54) is 37.3 Å². The van der Waals surface area contributed by atoms with Gasteiger partial charge >= 0.3 is 0 Å². The van der Waals surface area contributed by atoms with Crippen molar-refractivity contribution < 1.29 is 22.3 Å². The molecule has 0 saturated carbocycles. The highest BCUT2D eigenvalue weighted by molar-refractivity contribution is 7.89. The molecular weight excluding hydrogens is 395 g/mol. The quantitative estimate of drug-likeness (QED) is 0.708. The van der Waals surface area contributed by atoms with Gasteiger partial charge in [-0.05, 0) is 36.4 Å². The Bertz CT molecular complexity index is 979. The van der Waals surface area contributed by atoms with Gasteiger partial charge in [0.05, 0.1) is 12.8 Å². The van der Waals surface area contributed by atoms with Crippen molar-refractivity contribution in [1.29, 1.82) is 0 Å². The van der Waals surface area contributed by atoms with Gasteiger partial charge in [0.15, 0.2) is 0 Å². The molecule has 0 aliphatic carbocycles. The number of sulfonamides is 1. The highest BCUT2D eigenvalue weighted by atomic mass is 35.5. The standard InChI is InChI=1S/C18H18ClFN2O4S/c1-4-9-21-27(24,25)17-10-12(5-7-14(17)20)18(23)22(2)15-11-13(19)6-8-16(15)26-3/h4-8,10-11,21H,1,9H2,2-3H3. The molecule has 1 N–H and O–H groups in total. The molecule has 0 aliphatic heterocycles. The van der Waals surface area contributed by atoms with Gasteiger partial charge in [0.25, 0.3) is 5.91 Å². The summed E-state index contributed by atoms with van der Waals surface area (Å²) in [6, 6.07) is 7.86. The van der Waals surface area contributed by atoms with Gasteiger partial charge in [0, 0.05) is 24.2 Å². The SMILES string of the molecule is C=CCNS(=O)(=O)c1cc(C(=O)N(C)c2cc(Cl)ccc2OC)ccc1F. The van der Waals surface area contributed by atoms with Gasteiger partial charge in [0.1, 0.15) is 16.5 Å². The topological polar surface area (TPSA) is 75.7 Å². The van der Waals surface area contributed by atoms with E-state index in [0.717, 1.165) is 12.1 Å². The minimum Gasteiger partial charge on any atom is -0.495 e. The molecule has 0 heterocycles. The maximum absolute atomic E-state index is 14.0. The molecule has 0 atom stereocenters. The van der Waals surface area contributed by atoms with E-state index in [-0.39, 0.29) is 12.1 Å². The van der Waals surface area contributed by atoms with Gasteiger partial charge in [-0.3, -0.25) is 4.79 Å². The Morgan fingerprint density at radius 1 is 1.33 bits per heavy atom. The molecule has 0 spiro atoms. The fraction of sp³-hybridized carbons (Fsp3) is 0.167. The van der Waals surface area contributed by atoms with Crippen LogP contribution in [0.15, 0.2) is 53.9 Å². The van der Waals surface area contributed by atoms with Crippen molar-refractivity contribution >= 4 is 33.2 Å². The van der Waals surface area contributed by atoms with E-state index in [0.29, 0.717) is 16.5 Å². The number of anilines is 1. The van der Waals surface area contributed by atoms with Crippen molar-refractivity contribution in [3.05, 3.63) is 65.5 Å². The first-order chi connectivity index (χ1) is 12.7. The van der Waals surface area contributed by atoms with E-state index in [4.69, 9.17) is 16.3 Å². The summed E-state index contributed by atoms with van der Waals surface area (Å²) in [6.07, 6.45) is 1.32. The van der Waals surface area contributed by atoms with Crippen molar-refractivity contribution in [2.75, 3.05) is 25.6 Å². The zero-order chi connectivity index (χ0) is 20.2. The molecule has 0 aliphatic rings. The summed E-state index contributed by atoms with van der Waals surface area (Å²) in [5.74, 6) is -1.13. The van der Waals surface area contributed by atoms with Crippen LogP contribution in [0.2, 0.25) is 5.02 Å². The summed E-state index contributed by atoms with van der Waals surface area (Å²) < 4.78 is 45.9. The molecule has 0 radical (unpaired) electrons. The van der Waals surface area contributed by atoms with Crippen molar-refractivity contribution in [1.82, 2.24) is 4.72 Å². The molecule has 0 unspecified atom stereocenters. The number of ether oxygens (including phenoxy) is 1. The third kappa shape index (κ3) is 4.65. The molecule has 0 aromatic heterocycles. The van der Waals surface area contributed by atoms with Gasteiger partial charge < -0.3 is 9.64 Å². The average Bonchev–Trinajstić information content (AvgIpc) is 2.65. The number of hydrogen-bond acceptors (Lipinski definition) is 4. The molecular formula is C18H18ClFN2O4S. The van der Waals surface area contributed by atoms with Crippen molar-refractivity contribution in [3.63, 3.8) is 0 Å². The van der Waals surface area contributed by atoms with Crippen LogP contribution in [-0.4, -0.2) is 35.0 Å². The zero-order valence-electron chi connectivity index (χ0n) is 14.7. The highest BCUT2D eigenvalue weighted by Gasteiger charge is 2.23. The molecule has 0 fully saturated rings. The summed E-state index contributed by atoms with van der Waals surface area (Å²) in [4.78, 5) is 13.4. The van der Waals surface area contributed by atoms with E-state index in [9.17, 15) is 17.6 Å². The molecule has 0 saturated heterocycles. The van der Waals surface area contributed by atoms with E-state index in [2.05, 4.69) is 11.3 Å². The number of hydrogen-bond donors (Lipinski definition) is 1. The first kappa shape index (κ1) is 20.9. The van der Waals surface area contributed by atoms with Crippen LogP contribution in [0.5, 0.6) is 5.75 Å². The number of carbonyl (C=O) groups excluding carboxylic acids is 1. The van der Waals surface area contributed by atoms with Gasteiger partial charge in [-0.15, -0.1) is 6.58 Å². The van der Waals surface area contributed by atoms with Gasteiger partial charge in [-0.25, -0.2) is 17.5 Å². The average molecular weight is 413 g/mol. The minimum atomic E-state index is -4.13. The summed E-state index contributed by atoms with van der Waals surface area (Å²) in [6.45, 7) is 3.33. The monoisotopic (exact) mass is 412 g/mol. The lowest BCUT2D eigenvalue weighted by atomic mass is 10.1. The predicted octanol–water partition coefficient (Wildman–Crippen LogP) is 3.23. The first-order valence-corrected chi connectivity index (χ1v) is 9.59. The van der Waals surface area contributed by atoms with Crippen LogP contribution >= 0.6 is 11.6 Å². The van der Waals surface area contributed by atoms with Crippen LogP contribution in [-0.2, 0) is 10.0 Å². The Morgan fingerprint density at radius 2 is 2.04 bits per heavy atom. The summed E-state index contributed by atoms with van der Waals surface area (Å²) in [7, 11) is -1.21. The molecule has 144 valence electrons. The Kier molecular flexibility index (Phi) is 6.59. The lowest BCUT2D eigenvalue weighted by Gasteiger charge is -2.20. The van der Waals surface area contributed by atoms with E-state index < -0.39 is 26.6 Å². The number of methoxy groups -OCH3 is 1. The number of halogens is 2. The number of benzene rings is 2. The predicted molar refractivity (Wildman–Crippen MR) is 103 cm³/mol. The Labute approximate surface area is 162 Å². The maximum Gasteiger partial charge on any atom is 0.258 e.